The van der Waals surface area contributed by atoms with Crippen LogP contribution in [0.2, 0.25) is 0 Å². The summed E-state index contributed by atoms with van der Waals surface area (Å²) in [5.41, 5.74) is 2.01. The molecule has 9 nitrogen and oxygen atoms in total. The van der Waals surface area contributed by atoms with Crippen molar-refractivity contribution in [3.8, 4) is 5.82 Å². The van der Waals surface area contributed by atoms with Gasteiger partial charge >= 0.3 is 0 Å². The average molecular weight is 498 g/mol. The number of hydrogen-bond donors (Lipinski definition) is 1. The van der Waals surface area contributed by atoms with E-state index < -0.39 is 0 Å². The van der Waals surface area contributed by atoms with E-state index >= 15 is 0 Å². The fourth-order valence-electron chi connectivity index (χ4n) is 3.55. The maximum Gasteiger partial charge on any atom is 0.275 e. The summed E-state index contributed by atoms with van der Waals surface area (Å²) in [6, 6.07) is 11.2. The molecule has 1 saturated heterocycles. The SMILES string of the molecule is CC(C)C(=O)N1CCN(c2ccc(NC(=O)c3nc(-n4cnnc4)ccc3Br)cc2)CC1. The van der Waals surface area contributed by atoms with Gasteiger partial charge in [-0.3, -0.25) is 14.2 Å². The Morgan fingerprint density at radius 1 is 0.969 bits per heavy atom. The lowest BCUT2D eigenvalue weighted by Crippen LogP contribution is -2.49. The first kappa shape index (κ1) is 21.9. The molecule has 1 N–H and O–H groups in total. The molecule has 3 heterocycles. The third kappa shape index (κ3) is 4.80. The highest BCUT2D eigenvalue weighted by Gasteiger charge is 2.23. The Morgan fingerprint density at radius 3 is 2.25 bits per heavy atom. The lowest BCUT2D eigenvalue weighted by molar-refractivity contribution is -0.134. The molecule has 2 aromatic heterocycles. The molecule has 10 heteroatoms. The Morgan fingerprint density at radius 2 is 1.62 bits per heavy atom. The number of aromatic nitrogens is 4. The number of carbonyl (C=O) groups excluding carboxylic acids is 2. The third-order valence-corrected chi connectivity index (χ3v) is 5.95. The summed E-state index contributed by atoms with van der Waals surface area (Å²) >= 11 is 3.40. The number of nitrogens with one attached hydrogen (secondary N) is 1. The Hall–Kier alpha value is -3.27. The number of carbonyl (C=O) groups is 2. The molecule has 2 amide bonds. The van der Waals surface area contributed by atoms with Crippen LogP contribution in [0.4, 0.5) is 11.4 Å². The molecule has 1 aliphatic rings. The van der Waals surface area contributed by atoms with E-state index in [1.165, 1.54) is 12.7 Å². The van der Waals surface area contributed by atoms with Crippen molar-refractivity contribution >= 4 is 39.1 Å². The number of hydrogen-bond acceptors (Lipinski definition) is 6. The van der Waals surface area contributed by atoms with Crippen LogP contribution in [0.25, 0.3) is 5.82 Å². The second kappa shape index (κ2) is 9.47. The maximum atomic E-state index is 12.8. The summed E-state index contributed by atoms with van der Waals surface area (Å²) in [4.78, 5) is 33.6. The molecule has 3 aromatic rings. The van der Waals surface area contributed by atoms with Crippen molar-refractivity contribution in [1.82, 2.24) is 24.6 Å². The Labute approximate surface area is 194 Å². The number of nitrogens with zero attached hydrogens (tertiary/aromatic N) is 6. The highest BCUT2D eigenvalue weighted by atomic mass is 79.9. The van der Waals surface area contributed by atoms with Crippen LogP contribution in [0.3, 0.4) is 0 Å². The predicted octanol–water partition coefficient (Wildman–Crippen LogP) is 2.98. The largest absolute Gasteiger partial charge is 0.368 e. The second-order valence-electron chi connectivity index (χ2n) is 7.84. The van der Waals surface area contributed by atoms with Crippen molar-refractivity contribution in [3.05, 3.63) is 59.2 Å². The van der Waals surface area contributed by atoms with E-state index in [-0.39, 0.29) is 23.4 Å². The highest BCUT2D eigenvalue weighted by molar-refractivity contribution is 9.10. The molecular formula is C22H24BrN7O2. The van der Waals surface area contributed by atoms with Crippen LogP contribution < -0.4 is 10.2 Å². The van der Waals surface area contributed by atoms with E-state index in [1.807, 2.05) is 43.0 Å². The number of piperazine rings is 1. The van der Waals surface area contributed by atoms with Crippen LogP contribution in [-0.4, -0.2) is 62.6 Å². The Bertz CT molecular complexity index is 1090. The molecule has 0 unspecified atom stereocenters. The molecule has 0 spiro atoms. The van der Waals surface area contributed by atoms with Crippen LogP contribution in [0.5, 0.6) is 0 Å². The van der Waals surface area contributed by atoms with E-state index in [1.54, 1.807) is 16.7 Å². The van der Waals surface area contributed by atoms with E-state index in [4.69, 9.17) is 0 Å². The van der Waals surface area contributed by atoms with Crippen molar-refractivity contribution in [2.24, 2.45) is 5.92 Å². The number of halogens is 1. The summed E-state index contributed by atoms with van der Waals surface area (Å²) in [5, 5.41) is 10.4. The zero-order chi connectivity index (χ0) is 22.7. The van der Waals surface area contributed by atoms with E-state index in [0.717, 1.165) is 31.9 Å². The van der Waals surface area contributed by atoms with Gasteiger partial charge in [0.15, 0.2) is 0 Å². The first-order chi connectivity index (χ1) is 15.4. The molecule has 1 fully saturated rings. The van der Waals surface area contributed by atoms with Gasteiger partial charge < -0.3 is 15.1 Å². The van der Waals surface area contributed by atoms with Crippen molar-refractivity contribution in [3.63, 3.8) is 0 Å². The first-order valence-electron chi connectivity index (χ1n) is 10.4. The van der Waals surface area contributed by atoms with Crippen LogP contribution >= 0.6 is 15.9 Å². The molecule has 32 heavy (non-hydrogen) atoms. The molecule has 0 aliphatic carbocycles. The van der Waals surface area contributed by atoms with Gasteiger partial charge in [-0.05, 0) is 52.3 Å². The third-order valence-electron chi connectivity index (χ3n) is 5.31. The minimum Gasteiger partial charge on any atom is -0.368 e. The molecule has 4 rings (SSSR count). The molecule has 1 aliphatic heterocycles. The number of pyridine rings is 1. The zero-order valence-corrected chi connectivity index (χ0v) is 19.5. The molecule has 1 aromatic carbocycles. The summed E-state index contributed by atoms with van der Waals surface area (Å²) in [6.45, 7) is 6.88. The summed E-state index contributed by atoms with van der Waals surface area (Å²) in [6.07, 6.45) is 3.05. The van der Waals surface area contributed by atoms with Crippen LogP contribution in [0.1, 0.15) is 24.3 Å². The normalized spacial score (nSPS) is 14.0. The zero-order valence-electron chi connectivity index (χ0n) is 17.9. The number of rotatable bonds is 5. The topological polar surface area (TPSA) is 96.2 Å². The van der Waals surface area contributed by atoms with Crippen LogP contribution in [0.15, 0.2) is 53.5 Å². The van der Waals surface area contributed by atoms with E-state index in [2.05, 4.69) is 41.3 Å². The van der Waals surface area contributed by atoms with E-state index in [9.17, 15) is 9.59 Å². The molecule has 0 saturated carbocycles. The van der Waals surface area contributed by atoms with Crippen molar-refractivity contribution in [2.75, 3.05) is 36.4 Å². The number of amides is 2. The minimum absolute atomic E-state index is 0.0243. The lowest BCUT2D eigenvalue weighted by atomic mass is 10.1. The molecule has 0 radical (unpaired) electrons. The average Bonchev–Trinajstić information content (AvgIpc) is 3.34. The quantitative estimate of drug-likeness (QED) is 0.581. The summed E-state index contributed by atoms with van der Waals surface area (Å²) in [7, 11) is 0. The number of benzene rings is 1. The molecular weight excluding hydrogens is 474 g/mol. The van der Waals surface area contributed by atoms with Gasteiger partial charge in [-0.25, -0.2) is 4.98 Å². The number of anilines is 2. The monoisotopic (exact) mass is 497 g/mol. The lowest BCUT2D eigenvalue weighted by Gasteiger charge is -2.37. The van der Waals surface area contributed by atoms with E-state index in [0.29, 0.717) is 16.0 Å². The standard InChI is InChI=1S/C22H24BrN7O2/c1-15(2)22(32)29-11-9-28(10-12-29)17-5-3-16(4-6-17)26-21(31)20-18(23)7-8-19(27-20)30-13-24-25-14-30/h3-8,13-15H,9-12H2,1-2H3,(H,26,31). The summed E-state index contributed by atoms with van der Waals surface area (Å²) in [5.74, 6) is 0.460. The van der Waals surface area contributed by atoms with Crippen molar-refractivity contribution < 1.29 is 9.59 Å². The van der Waals surface area contributed by atoms with Gasteiger partial charge in [-0.1, -0.05) is 13.8 Å². The predicted molar refractivity (Wildman–Crippen MR) is 125 cm³/mol. The van der Waals surface area contributed by atoms with Crippen molar-refractivity contribution in [2.45, 2.75) is 13.8 Å². The van der Waals surface area contributed by atoms with Gasteiger partial charge in [0.05, 0.1) is 0 Å². The Balaban J connectivity index is 1.40. The highest BCUT2D eigenvalue weighted by Crippen LogP contribution is 2.22. The van der Waals surface area contributed by atoms with Gasteiger partial charge in [-0.15, -0.1) is 10.2 Å². The molecule has 0 atom stereocenters. The fourth-order valence-corrected chi connectivity index (χ4v) is 3.95. The van der Waals surface area contributed by atoms with Gasteiger partial charge in [0, 0.05) is 47.9 Å². The van der Waals surface area contributed by atoms with Gasteiger partial charge in [0.2, 0.25) is 5.91 Å². The minimum atomic E-state index is -0.319. The molecule has 166 valence electrons. The van der Waals surface area contributed by atoms with Crippen molar-refractivity contribution in [1.29, 1.82) is 0 Å². The second-order valence-corrected chi connectivity index (χ2v) is 8.69. The first-order valence-corrected chi connectivity index (χ1v) is 11.2. The fraction of sp³-hybridized carbons (Fsp3) is 0.318. The molecule has 0 bridgehead atoms. The van der Waals surface area contributed by atoms with Gasteiger partial charge in [0.25, 0.3) is 5.91 Å². The van der Waals surface area contributed by atoms with Gasteiger partial charge in [-0.2, -0.15) is 0 Å². The van der Waals surface area contributed by atoms with Crippen LogP contribution in [0, 0.1) is 5.92 Å². The van der Waals surface area contributed by atoms with Crippen LogP contribution in [-0.2, 0) is 4.79 Å². The maximum absolute atomic E-state index is 12.8. The smallest absolute Gasteiger partial charge is 0.275 e. The Kier molecular flexibility index (Phi) is 6.50. The summed E-state index contributed by atoms with van der Waals surface area (Å²) < 4.78 is 2.23. The van der Waals surface area contributed by atoms with Gasteiger partial charge in [0.1, 0.15) is 24.2 Å².